The summed E-state index contributed by atoms with van der Waals surface area (Å²) in [4.78, 5) is 14.9. The fourth-order valence-electron chi connectivity index (χ4n) is 4.18. The lowest BCUT2D eigenvalue weighted by atomic mass is 9.77. The molecule has 6 heteroatoms. The summed E-state index contributed by atoms with van der Waals surface area (Å²) < 4.78 is 12.6. The average molecular weight is 365 g/mol. The van der Waals surface area contributed by atoms with Gasteiger partial charge in [-0.15, -0.1) is 0 Å². The maximum atomic E-state index is 13.0. The van der Waals surface area contributed by atoms with Crippen molar-refractivity contribution in [2.24, 2.45) is 12.5 Å². The molecular formula is C21H23N3O3. The summed E-state index contributed by atoms with van der Waals surface area (Å²) in [7, 11) is 1.81. The molecule has 0 saturated carbocycles. The second-order valence-electron chi connectivity index (χ2n) is 7.84. The molecule has 0 spiro atoms. The number of fused-ring (bicyclic) bond motifs is 1. The first-order valence-electron chi connectivity index (χ1n) is 9.22. The lowest BCUT2D eigenvalue weighted by Crippen LogP contribution is -2.46. The Balaban J connectivity index is 1.50. The molecule has 3 heterocycles. The molecule has 0 radical (unpaired) electrons. The van der Waals surface area contributed by atoms with Crippen LogP contribution in [-0.2, 0) is 13.5 Å². The van der Waals surface area contributed by atoms with Gasteiger partial charge in [0.1, 0.15) is 11.8 Å². The van der Waals surface area contributed by atoms with Crippen LogP contribution in [0.1, 0.15) is 41.4 Å². The van der Waals surface area contributed by atoms with E-state index in [4.69, 9.17) is 14.7 Å². The summed E-state index contributed by atoms with van der Waals surface area (Å²) in [6, 6.07) is 9.86. The fourth-order valence-corrected chi connectivity index (χ4v) is 4.18. The Bertz CT molecular complexity index is 927. The predicted molar refractivity (Wildman–Crippen MR) is 99.6 cm³/mol. The summed E-state index contributed by atoms with van der Waals surface area (Å²) in [5, 5.41) is 9.07. The summed E-state index contributed by atoms with van der Waals surface area (Å²) in [5.74, 6) is 1.59. The zero-order chi connectivity index (χ0) is 19.0. The van der Waals surface area contributed by atoms with E-state index in [9.17, 15) is 4.79 Å². The molecule has 0 aliphatic carbocycles. The lowest BCUT2D eigenvalue weighted by molar-refractivity contribution is 0.0541. The van der Waals surface area contributed by atoms with Gasteiger partial charge >= 0.3 is 0 Å². The second kappa shape index (κ2) is 6.66. The Morgan fingerprint density at radius 3 is 2.89 bits per heavy atom. The molecule has 2 aliphatic rings. The highest BCUT2D eigenvalue weighted by Gasteiger charge is 2.34. The first-order valence-corrected chi connectivity index (χ1v) is 9.22. The van der Waals surface area contributed by atoms with Crippen LogP contribution in [0.25, 0.3) is 0 Å². The number of rotatable bonds is 3. The Morgan fingerprint density at radius 1 is 1.30 bits per heavy atom. The first-order chi connectivity index (χ1) is 13.0. The standard InChI is InChI=1S/C21H23N3O3/c1-21(10-15-4-5-18-19(9-15)27-14-26-18)6-3-7-24(13-21)20(25)17-8-16(11-22)12-23(17)2/h4-5,8-9,12H,3,6-7,10,13-14H2,1-2H3/t21-/m0/s1. The van der Waals surface area contributed by atoms with E-state index in [1.54, 1.807) is 16.8 Å². The van der Waals surface area contributed by atoms with Crippen LogP contribution >= 0.6 is 0 Å². The van der Waals surface area contributed by atoms with Gasteiger partial charge in [-0.25, -0.2) is 0 Å². The van der Waals surface area contributed by atoms with Crippen LogP contribution in [-0.4, -0.2) is 35.3 Å². The molecule has 0 unspecified atom stereocenters. The third kappa shape index (κ3) is 3.37. The van der Waals surface area contributed by atoms with Gasteiger partial charge in [-0.05, 0) is 48.4 Å². The highest BCUT2D eigenvalue weighted by Crippen LogP contribution is 2.37. The van der Waals surface area contributed by atoms with Crippen molar-refractivity contribution in [1.82, 2.24) is 9.47 Å². The number of ether oxygens (including phenoxy) is 2. The topological polar surface area (TPSA) is 67.5 Å². The molecule has 6 nitrogen and oxygen atoms in total. The number of amides is 1. The van der Waals surface area contributed by atoms with E-state index >= 15 is 0 Å². The number of piperidine rings is 1. The number of likely N-dealkylation sites (tertiary alicyclic amines) is 1. The minimum Gasteiger partial charge on any atom is -0.454 e. The summed E-state index contributed by atoms with van der Waals surface area (Å²) in [6.45, 7) is 3.97. The summed E-state index contributed by atoms with van der Waals surface area (Å²) in [6.07, 6.45) is 4.62. The van der Waals surface area contributed by atoms with Crippen LogP contribution in [0, 0.1) is 16.7 Å². The van der Waals surface area contributed by atoms with E-state index in [1.807, 2.05) is 24.1 Å². The maximum Gasteiger partial charge on any atom is 0.270 e. The van der Waals surface area contributed by atoms with Crippen molar-refractivity contribution >= 4 is 5.91 Å². The third-order valence-electron chi connectivity index (χ3n) is 5.49. The van der Waals surface area contributed by atoms with Gasteiger partial charge in [0, 0.05) is 26.3 Å². The van der Waals surface area contributed by atoms with Crippen LogP contribution < -0.4 is 9.47 Å². The van der Waals surface area contributed by atoms with Crippen LogP contribution in [0.15, 0.2) is 30.5 Å². The van der Waals surface area contributed by atoms with E-state index in [0.717, 1.165) is 37.3 Å². The van der Waals surface area contributed by atoms with Crippen molar-refractivity contribution in [1.29, 1.82) is 5.26 Å². The molecule has 2 aliphatic heterocycles. The molecule has 4 rings (SSSR count). The van der Waals surface area contributed by atoms with Crippen molar-refractivity contribution in [3.63, 3.8) is 0 Å². The van der Waals surface area contributed by atoms with Crippen LogP contribution in [0.4, 0.5) is 0 Å². The molecule has 1 saturated heterocycles. The van der Waals surface area contributed by atoms with Crippen molar-refractivity contribution in [2.45, 2.75) is 26.2 Å². The smallest absolute Gasteiger partial charge is 0.270 e. The predicted octanol–water partition coefficient (Wildman–Crippen LogP) is 3.11. The molecule has 27 heavy (non-hydrogen) atoms. The maximum absolute atomic E-state index is 13.0. The molecule has 140 valence electrons. The SMILES string of the molecule is Cn1cc(C#N)cc1C(=O)N1CCC[C@@](C)(Cc2ccc3c(c2)OCO3)C1. The highest BCUT2D eigenvalue weighted by atomic mass is 16.7. The van der Waals surface area contributed by atoms with Gasteiger partial charge in [-0.3, -0.25) is 4.79 Å². The lowest BCUT2D eigenvalue weighted by Gasteiger charge is -2.40. The largest absolute Gasteiger partial charge is 0.454 e. The van der Waals surface area contributed by atoms with Crippen molar-refractivity contribution in [3.8, 4) is 17.6 Å². The van der Waals surface area contributed by atoms with Gasteiger partial charge in [0.25, 0.3) is 5.91 Å². The number of aryl methyl sites for hydroxylation is 1. The van der Waals surface area contributed by atoms with Gasteiger partial charge in [0.2, 0.25) is 6.79 Å². The molecule has 1 aromatic heterocycles. The van der Waals surface area contributed by atoms with E-state index < -0.39 is 0 Å². The van der Waals surface area contributed by atoms with Crippen molar-refractivity contribution in [2.75, 3.05) is 19.9 Å². The van der Waals surface area contributed by atoms with E-state index in [0.29, 0.717) is 17.8 Å². The van der Waals surface area contributed by atoms with Gasteiger partial charge in [-0.2, -0.15) is 5.26 Å². The van der Waals surface area contributed by atoms with Gasteiger partial charge in [0.15, 0.2) is 11.5 Å². The molecule has 2 aromatic rings. The number of benzene rings is 1. The van der Waals surface area contributed by atoms with Crippen molar-refractivity contribution in [3.05, 3.63) is 47.3 Å². The Kier molecular flexibility index (Phi) is 4.31. The van der Waals surface area contributed by atoms with Gasteiger partial charge < -0.3 is 18.9 Å². The van der Waals surface area contributed by atoms with Gasteiger partial charge in [-0.1, -0.05) is 13.0 Å². The molecule has 1 atom stereocenters. The van der Waals surface area contributed by atoms with Crippen molar-refractivity contribution < 1.29 is 14.3 Å². The van der Waals surface area contributed by atoms with Crippen LogP contribution in [0.3, 0.4) is 0 Å². The van der Waals surface area contributed by atoms with Crippen LogP contribution in [0.5, 0.6) is 11.5 Å². The minimum absolute atomic E-state index is 0.00406. The Labute approximate surface area is 158 Å². The molecule has 1 aromatic carbocycles. The molecule has 0 N–H and O–H groups in total. The monoisotopic (exact) mass is 365 g/mol. The Hall–Kier alpha value is -2.94. The van der Waals surface area contributed by atoms with Crippen LogP contribution in [0.2, 0.25) is 0 Å². The number of nitriles is 1. The third-order valence-corrected chi connectivity index (χ3v) is 5.49. The molecule has 1 amide bonds. The fraction of sp³-hybridized carbons (Fsp3) is 0.429. The van der Waals surface area contributed by atoms with E-state index in [2.05, 4.69) is 19.1 Å². The average Bonchev–Trinajstić information content (AvgIpc) is 3.26. The second-order valence-corrected chi connectivity index (χ2v) is 7.84. The summed E-state index contributed by atoms with van der Waals surface area (Å²) >= 11 is 0. The number of carbonyl (C=O) groups excluding carboxylic acids is 1. The summed E-state index contributed by atoms with van der Waals surface area (Å²) in [5.41, 5.74) is 2.28. The number of hydrogen-bond donors (Lipinski definition) is 0. The number of hydrogen-bond acceptors (Lipinski definition) is 4. The number of aromatic nitrogens is 1. The molecule has 0 bridgehead atoms. The minimum atomic E-state index is -0.00406. The normalized spacial score (nSPS) is 21.1. The molecular weight excluding hydrogens is 342 g/mol. The highest BCUT2D eigenvalue weighted by molar-refractivity contribution is 5.93. The molecule has 1 fully saturated rings. The quantitative estimate of drug-likeness (QED) is 0.838. The van der Waals surface area contributed by atoms with E-state index in [-0.39, 0.29) is 18.1 Å². The zero-order valence-electron chi connectivity index (χ0n) is 15.7. The first kappa shape index (κ1) is 17.5. The zero-order valence-corrected chi connectivity index (χ0v) is 15.7. The number of carbonyl (C=O) groups is 1. The van der Waals surface area contributed by atoms with Gasteiger partial charge in [0.05, 0.1) is 5.56 Å². The Morgan fingerprint density at radius 2 is 2.11 bits per heavy atom. The number of nitrogens with zero attached hydrogens (tertiary/aromatic N) is 3. The van der Waals surface area contributed by atoms with E-state index in [1.165, 1.54) is 5.56 Å².